The maximum absolute atomic E-state index is 15.1. The SMILES string of the molecule is CCOC(=O)CC[C@H]1CN(c2cc(F)c(N3CCN(C(=O)CNC(=O)c4ccc[n+]([O-])c4)CC3)c(F)c2)C(=O)O1. The summed E-state index contributed by atoms with van der Waals surface area (Å²) in [7, 11) is 0. The van der Waals surface area contributed by atoms with Crippen LogP contribution in [0.5, 0.6) is 0 Å². The average Bonchev–Trinajstić information content (AvgIpc) is 3.31. The third-order valence-corrected chi connectivity index (χ3v) is 6.55. The molecule has 0 aliphatic carbocycles. The molecule has 1 N–H and O–H groups in total. The van der Waals surface area contributed by atoms with Crippen LogP contribution in [0.25, 0.3) is 0 Å². The second-order valence-electron chi connectivity index (χ2n) is 9.22. The van der Waals surface area contributed by atoms with Crippen LogP contribution >= 0.6 is 0 Å². The zero-order valence-corrected chi connectivity index (χ0v) is 21.8. The van der Waals surface area contributed by atoms with Gasteiger partial charge in [-0.25, -0.2) is 13.6 Å². The second kappa shape index (κ2) is 12.6. The Bertz CT molecular complexity index is 1260. The van der Waals surface area contributed by atoms with Crippen LogP contribution < -0.4 is 19.8 Å². The van der Waals surface area contributed by atoms with Gasteiger partial charge in [0.25, 0.3) is 5.91 Å². The van der Waals surface area contributed by atoms with Crippen molar-refractivity contribution < 1.29 is 42.2 Å². The van der Waals surface area contributed by atoms with Crippen LogP contribution in [0.1, 0.15) is 30.1 Å². The number of ether oxygens (including phenoxy) is 2. The molecule has 14 heteroatoms. The summed E-state index contributed by atoms with van der Waals surface area (Å²) in [6.07, 6.45) is 1.21. The molecule has 1 aromatic heterocycles. The predicted molar refractivity (Wildman–Crippen MR) is 136 cm³/mol. The minimum atomic E-state index is -0.872. The Kier molecular flexibility index (Phi) is 8.97. The fourth-order valence-corrected chi connectivity index (χ4v) is 4.54. The van der Waals surface area contributed by atoms with Crippen molar-refractivity contribution in [3.8, 4) is 0 Å². The third kappa shape index (κ3) is 6.74. The largest absolute Gasteiger partial charge is 0.619 e. The average molecular weight is 562 g/mol. The van der Waals surface area contributed by atoms with Crippen LogP contribution in [0.4, 0.5) is 25.0 Å². The molecule has 0 radical (unpaired) electrons. The molecule has 12 nitrogen and oxygen atoms in total. The number of carbonyl (C=O) groups excluding carboxylic acids is 4. The number of anilines is 2. The summed E-state index contributed by atoms with van der Waals surface area (Å²) in [5.41, 5.74) is -0.169. The molecule has 2 aliphatic rings. The number of esters is 1. The fraction of sp³-hybridized carbons (Fsp3) is 0.423. The van der Waals surface area contributed by atoms with Gasteiger partial charge in [0.1, 0.15) is 17.4 Å². The van der Waals surface area contributed by atoms with Crippen LogP contribution in [0, 0.1) is 16.8 Å². The number of nitrogens with zero attached hydrogens (tertiary/aromatic N) is 4. The van der Waals surface area contributed by atoms with E-state index in [1.54, 1.807) is 6.92 Å². The first-order valence-electron chi connectivity index (χ1n) is 12.8. The number of aromatic nitrogens is 1. The van der Waals surface area contributed by atoms with Gasteiger partial charge in [-0.15, -0.1) is 0 Å². The lowest BCUT2D eigenvalue weighted by Crippen LogP contribution is -2.51. The van der Waals surface area contributed by atoms with Gasteiger partial charge in [-0.1, -0.05) is 0 Å². The normalized spacial score (nSPS) is 17.0. The molecule has 3 heterocycles. The predicted octanol–water partition coefficient (Wildman–Crippen LogP) is 1.35. The minimum Gasteiger partial charge on any atom is -0.619 e. The van der Waals surface area contributed by atoms with E-state index < -0.39 is 35.7 Å². The van der Waals surface area contributed by atoms with Crippen LogP contribution in [0.2, 0.25) is 0 Å². The number of nitrogens with one attached hydrogen (secondary N) is 1. The standard InChI is InChI=1S/C26H29F2N5O7/c1-2-39-23(35)6-5-19-16-33(26(37)40-19)18-12-20(27)24(21(28)13-18)31-10-8-30(9-11-31)22(34)14-29-25(36)17-4-3-7-32(38)15-17/h3-4,7,12-13,15,19H,2,5-6,8-11,14,16H2,1H3,(H,29,36)/t19-/m0/s1. The summed E-state index contributed by atoms with van der Waals surface area (Å²) in [6, 6.07) is 4.96. The highest BCUT2D eigenvalue weighted by molar-refractivity contribution is 5.96. The molecule has 1 atom stereocenters. The molecule has 2 aliphatic heterocycles. The van der Waals surface area contributed by atoms with E-state index in [2.05, 4.69) is 5.32 Å². The summed E-state index contributed by atoms with van der Waals surface area (Å²) in [4.78, 5) is 52.6. The molecule has 0 spiro atoms. The quantitative estimate of drug-likeness (QED) is 0.275. The second-order valence-corrected chi connectivity index (χ2v) is 9.22. The minimum absolute atomic E-state index is 0.00661. The maximum atomic E-state index is 15.1. The number of piperazine rings is 1. The van der Waals surface area contributed by atoms with E-state index in [0.717, 1.165) is 23.2 Å². The number of hydrogen-bond donors (Lipinski definition) is 1. The topological polar surface area (TPSA) is 135 Å². The van der Waals surface area contributed by atoms with Crippen molar-refractivity contribution in [1.82, 2.24) is 10.2 Å². The molecule has 0 unspecified atom stereocenters. The summed E-state index contributed by atoms with van der Waals surface area (Å²) >= 11 is 0. The van der Waals surface area contributed by atoms with Gasteiger partial charge in [0.2, 0.25) is 5.91 Å². The molecule has 214 valence electrons. The zero-order valence-electron chi connectivity index (χ0n) is 21.8. The lowest BCUT2D eigenvalue weighted by molar-refractivity contribution is -0.605. The molecular formula is C26H29F2N5O7. The monoisotopic (exact) mass is 561 g/mol. The first kappa shape index (κ1) is 28.5. The lowest BCUT2D eigenvalue weighted by atomic mass is 10.1. The van der Waals surface area contributed by atoms with Crippen molar-refractivity contribution in [2.75, 3.05) is 55.7 Å². The van der Waals surface area contributed by atoms with Gasteiger partial charge in [0.05, 0.1) is 25.4 Å². The van der Waals surface area contributed by atoms with Gasteiger partial charge in [0.15, 0.2) is 24.0 Å². The summed E-state index contributed by atoms with van der Waals surface area (Å²) in [6.45, 7) is 2.29. The molecule has 4 rings (SSSR count). The number of amides is 3. The maximum Gasteiger partial charge on any atom is 0.414 e. The van der Waals surface area contributed by atoms with Crippen LogP contribution in [0.15, 0.2) is 36.7 Å². The molecular weight excluding hydrogens is 532 g/mol. The Morgan fingerprint density at radius 3 is 2.52 bits per heavy atom. The highest BCUT2D eigenvalue weighted by Crippen LogP contribution is 2.32. The number of cyclic esters (lactones) is 1. The fourth-order valence-electron chi connectivity index (χ4n) is 4.54. The molecule has 0 bridgehead atoms. The molecule has 40 heavy (non-hydrogen) atoms. The molecule has 2 saturated heterocycles. The Morgan fingerprint density at radius 2 is 1.88 bits per heavy atom. The van der Waals surface area contributed by atoms with E-state index in [1.165, 1.54) is 28.1 Å². The number of halogens is 2. The molecule has 0 saturated carbocycles. The van der Waals surface area contributed by atoms with Crippen molar-refractivity contribution in [3.63, 3.8) is 0 Å². The van der Waals surface area contributed by atoms with Crippen molar-refractivity contribution in [2.24, 2.45) is 0 Å². The molecule has 3 amide bonds. The van der Waals surface area contributed by atoms with E-state index in [1.807, 2.05) is 0 Å². The highest BCUT2D eigenvalue weighted by Gasteiger charge is 2.34. The van der Waals surface area contributed by atoms with E-state index in [0.29, 0.717) is 4.73 Å². The van der Waals surface area contributed by atoms with Crippen molar-refractivity contribution in [2.45, 2.75) is 25.9 Å². The number of rotatable bonds is 9. The van der Waals surface area contributed by atoms with Crippen molar-refractivity contribution >= 4 is 35.3 Å². The number of carbonyl (C=O) groups is 4. The Morgan fingerprint density at radius 1 is 1.18 bits per heavy atom. The summed E-state index contributed by atoms with van der Waals surface area (Å²) < 4.78 is 40.7. The van der Waals surface area contributed by atoms with Gasteiger partial charge in [-0.3, -0.25) is 19.3 Å². The Hall–Kier alpha value is -4.49. The summed E-state index contributed by atoms with van der Waals surface area (Å²) in [5.74, 6) is -3.12. The molecule has 2 aromatic rings. The van der Waals surface area contributed by atoms with E-state index in [9.17, 15) is 24.4 Å². The van der Waals surface area contributed by atoms with E-state index >= 15 is 8.78 Å². The highest BCUT2D eigenvalue weighted by atomic mass is 19.1. The van der Waals surface area contributed by atoms with E-state index in [-0.39, 0.29) is 81.6 Å². The van der Waals surface area contributed by atoms with Crippen molar-refractivity contribution in [3.05, 3.63) is 59.1 Å². The number of hydrogen-bond acceptors (Lipinski definition) is 8. The Labute approximate surface area is 228 Å². The van der Waals surface area contributed by atoms with Crippen LogP contribution in [-0.4, -0.2) is 80.8 Å². The number of benzene rings is 1. The van der Waals surface area contributed by atoms with Crippen LogP contribution in [0.3, 0.4) is 0 Å². The smallest absolute Gasteiger partial charge is 0.414 e. The van der Waals surface area contributed by atoms with Crippen LogP contribution in [-0.2, 0) is 19.1 Å². The lowest BCUT2D eigenvalue weighted by Gasteiger charge is -2.36. The summed E-state index contributed by atoms with van der Waals surface area (Å²) in [5, 5.41) is 13.8. The zero-order chi connectivity index (χ0) is 28.8. The molecule has 1 aromatic carbocycles. The Balaban J connectivity index is 1.31. The number of pyridine rings is 1. The first-order chi connectivity index (χ1) is 19.2. The van der Waals surface area contributed by atoms with Gasteiger partial charge in [-0.2, -0.15) is 4.73 Å². The van der Waals surface area contributed by atoms with Gasteiger partial charge < -0.3 is 29.8 Å². The third-order valence-electron chi connectivity index (χ3n) is 6.55. The molecule has 2 fully saturated rings. The van der Waals surface area contributed by atoms with Crippen molar-refractivity contribution in [1.29, 1.82) is 0 Å². The van der Waals surface area contributed by atoms with E-state index in [4.69, 9.17) is 9.47 Å². The van der Waals surface area contributed by atoms with Gasteiger partial charge >= 0.3 is 12.1 Å². The van der Waals surface area contributed by atoms with Gasteiger partial charge in [0, 0.05) is 50.8 Å². The first-order valence-corrected chi connectivity index (χ1v) is 12.8. The van der Waals surface area contributed by atoms with Gasteiger partial charge in [-0.05, 0) is 19.4 Å².